The molecule has 0 spiro atoms. The maximum Gasteiger partial charge on any atom is 0.320 e. The fourth-order valence-electron chi connectivity index (χ4n) is 2.26. The van der Waals surface area contributed by atoms with Gasteiger partial charge in [-0.15, -0.1) is 0 Å². The van der Waals surface area contributed by atoms with Gasteiger partial charge in [-0.1, -0.05) is 12.1 Å². The van der Waals surface area contributed by atoms with Gasteiger partial charge in [-0.2, -0.15) is 0 Å². The minimum atomic E-state index is -0.402. The van der Waals surface area contributed by atoms with E-state index >= 15 is 0 Å². The van der Waals surface area contributed by atoms with E-state index in [4.69, 9.17) is 4.74 Å². The quantitative estimate of drug-likeness (QED) is 0.417. The van der Waals surface area contributed by atoms with E-state index in [1.54, 1.807) is 19.1 Å². The number of carbonyl (C=O) groups excluding carboxylic acids is 1. The molecule has 1 aromatic rings. The number of esters is 1. The van der Waals surface area contributed by atoms with E-state index in [1.165, 1.54) is 12.1 Å². The van der Waals surface area contributed by atoms with Crippen LogP contribution >= 0.6 is 0 Å². The van der Waals surface area contributed by atoms with Crippen LogP contribution in [0.3, 0.4) is 0 Å². The predicted molar refractivity (Wildman–Crippen MR) is 78.0 cm³/mol. The van der Waals surface area contributed by atoms with Gasteiger partial charge in [-0.3, -0.25) is 19.8 Å². The van der Waals surface area contributed by atoms with Gasteiger partial charge in [0.25, 0.3) is 5.69 Å². The van der Waals surface area contributed by atoms with Crippen LogP contribution in [-0.4, -0.2) is 41.5 Å². The molecule has 0 radical (unpaired) electrons. The summed E-state index contributed by atoms with van der Waals surface area (Å²) in [7, 11) is 0. The van der Waals surface area contributed by atoms with Crippen molar-refractivity contribution in [2.75, 3.05) is 19.7 Å². The van der Waals surface area contributed by atoms with Gasteiger partial charge >= 0.3 is 5.97 Å². The SMILES string of the molecule is CCOC(=O)CN(CCc1ccc([N+](=O)[O-])cc1)C1CC1. The highest BCUT2D eigenvalue weighted by Gasteiger charge is 2.30. The van der Waals surface area contributed by atoms with E-state index in [1.807, 2.05) is 0 Å². The smallest absolute Gasteiger partial charge is 0.320 e. The van der Waals surface area contributed by atoms with E-state index in [0.29, 0.717) is 19.2 Å². The molecular weight excluding hydrogens is 272 g/mol. The second-order valence-corrected chi connectivity index (χ2v) is 5.18. The number of hydrogen-bond donors (Lipinski definition) is 0. The molecule has 1 aliphatic rings. The third-order valence-corrected chi connectivity index (χ3v) is 3.54. The van der Waals surface area contributed by atoms with Crippen molar-refractivity contribution in [2.45, 2.75) is 32.2 Å². The Morgan fingerprint density at radius 2 is 2.05 bits per heavy atom. The molecule has 1 saturated carbocycles. The molecule has 0 aliphatic heterocycles. The van der Waals surface area contributed by atoms with Gasteiger partial charge in [0.15, 0.2) is 0 Å². The number of nitro groups is 1. The highest BCUT2D eigenvalue weighted by molar-refractivity contribution is 5.71. The van der Waals surface area contributed by atoms with Crippen molar-refractivity contribution in [1.82, 2.24) is 4.90 Å². The molecule has 114 valence electrons. The van der Waals surface area contributed by atoms with Gasteiger partial charge in [-0.05, 0) is 31.7 Å². The fraction of sp³-hybridized carbons (Fsp3) is 0.533. The summed E-state index contributed by atoms with van der Waals surface area (Å²) in [5.41, 5.74) is 1.14. The predicted octanol–water partition coefficient (Wildman–Crippen LogP) is 2.16. The Hall–Kier alpha value is -1.95. The lowest BCUT2D eigenvalue weighted by molar-refractivity contribution is -0.384. The Morgan fingerprint density at radius 3 is 2.57 bits per heavy atom. The van der Waals surface area contributed by atoms with Gasteiger partial charge < -0.3 is 4.74 Å². The molecule has 0 amide bonds. The van der Waals surface area contributed by atoms with Crippen molar-refractivity contribution in [1.29, 1.82) is 0 Å². The number of carbonyl (C=O) groups is 1. The molecule has 0 atom stereocenters. The van der Waals surface area contributed by atoms with Crippen molar-refractivity contribution < 1.29 is 14.5 Å². The number of ether oxygens (including phenoxy) is 1. The summed E-state index contributed by atoms with van der Waals surface area (Å²) < 4.78 is 4.99. The standard InChI is InChI=1S/C15H20N2O4/c1-2-21-15(18)11-16(13-7-8-13)10-9-12-3-5-14(6-4-12)17(19)20/h3-6,13H,2,7-11H2,1H3. The summed E-state index contributed by atoms with van der Waals surface area (Å²) in [6, 6.07) is 7.05. The molecule has 0 N–H and O–H groups in total. The van der Waals surface area contributed by atoms with Crippen LogP contribution in [0, 0.1) is 10.1 Å². The number of benzene rings is 1. The summed E-state index contributed by atoms with van der Waals surface area (Å²) in [6.45, 7) is 3.29. The fourth-order valence-corrected chi connectivity index (χ4v) is 2.26. The van der Waals surface area contributed by atoms with Crippen molar-refractivity contribution in [2.24, 2.45) is 0 Å². The van der Waals surface area contributed by atoms with Gasteiger partial charge in [0.1, 0.15) is 0 Å². The van der Waals surface area contributed by atoms with E-state index < -0.39 is 4.92 Å². The third kappa shape index (κ3) is 4.82. The number of rotatable bonds is 8. The lowest BCUT2D eigenvalue weighted by Gasteiger charge is -2.20. The molecule has 0 unspecified atom stereocenters. The summed E-state index contributed by atoms with van der Waals surface area (Å²) >= 11 is 0. The Balaban J connectivity index is 1.86. The normalized spacial score (nSPS) is 14.2. The van der Waals surface area contributed by atoms with Crippen molar-refractivity contribution in [3.05, 3.63) is 39.9 Å². The minimum absolute atomic E-state index is 0.101. The molecule has 0 saturated heterocycles. The average Bonchev–Trinajstić information content (AvgIpc) is 3.28. The first-order valence-electron chi connectivity index (χ1n) is 7.23. The first-order chi connectivity index (χ1) is 10.1. The lowest BCUT2D eigenvalue weighted by Crippen LogP contribution is -2.34. The van der Waals surface area contributed by atoms with Gasteiger partial charge in [0, 0.05) is 24.7 Å². The van der Waals surface area contributed by atoms with Gasteiger partial charge in [-0.25, -0.2) is 0 Å². The molecule has 2 rings (SSSR count). The van der Waals surface area contributed by atoms with Crippen LogP contribution < -0.4 is 0 Å². The topological polar surface area (TPSA) is 72.7 Å². The van der Waals surface area contributed by atoms with Crippen molar-refractivity contribution in [3.63, 3.8) is 0 Å². The first kappa shape index (κ1) is 15.4. The second-order valence-electron chi connectivity index (χ2n) is 5.18. The minimum Gasteiger partial charge on any atom is -0.465 e. The van der Waals surface area contributed by atoms with Crippen LogP contribution in [0.5, 0.6) is 0 Å². The molecular formula is C15H20N2O4. The van der Waals surface area contributed by atoms with Gasteiger partial charge in [0.05, 0.1) is 18.1 Å². The number of nitro benzene ring substituents is 1. The van der Waals surface area contributed by atoms with Crippen LogP contribution in [0.4, 0.5) is 5.69 Å². The van der Waals surface area contributed by atoms with E-state index in [0.717, 1.165) is 31.4 Å². The highest BCUT2D eigenvalue weighted by atomic mass is 16.6. The summed E-state index contributed by atoms with van der Waals surface area (Å²) in [5, 5.41) is 10.6. The van der Waals surface area contributed by atoms with Crippen LogP contribution in [0.25, 0.3) is 0 Å². The molecule has 0 bridgehead atoms. The molecule has 0 aromatic heterocycles. The molecule has 1 aliphatic carbocycles. The second kappa shape index (κ2) is 7.17. The zero-order valence-electron chi connectivity index (χ0n) is 12.2. The number of non-ortho nitro benzene ring substituents is 1. The Morgan fingerprint density at radius 1 is 1.38 bits per heavy atom. The van der Waals surface area contributed by atoms with Crippen LogP contribution in [0.15, 0.2) is 24.3 Å². The zero-order valence-corrected chi connectivity index (χ0v) is 12.2. The highest BCUT2D eigenvalue weighted by Crippen LogP contribution is 2.27. The third-order valence-electron chi connectivity index (χ3n) is 3.54. The van der Waals surface area contributed by atoms with E-state index in [2.05, 4.69) is 4.90 Å². The molecule has 6 heteroatoms. The number of nitrogens with zero attached hydrogens (tertiary/aromatic N) is 2. The summed E-state index contributed by atoms with van der Waals surface area (Å²) in [5.74, 6) is -0.187. The molecule has 21 heavy (non-hydrogen) atoms. The largest absolute Gasteiger partial charge is 0.465 e. The molecule has 6 nitrogen and oxygen atoms in total. The van der Waals surface area contributed by atoms with Crippen molar-refractivity contribution >= 4 is 11.7 Å². The lowest BCUT2D eigenvalue weighted by atomic mass is 10.1. The monoisotopic (exact) mass is 292 g/mol. The Labute approximate surface area is 123 Å². The van der Waals surface area contributed by atoms with Crippen LogP contribution in [0.2, 0.25) is 0 Å². The van der Waals surface area contributed by atoms with Crippen LogP contribution in [0.1, 0.15) is 25.3 Å². The van der Waals surface area contributed by atoms with E-state index in [-0.39, 0.29) is 11.7 Å². The summed E-state index contributed by atoms with van der Waals surface area (Å²) in [6.07, 6.45) is 3.02. The maximum absolute atomic E-state index is 11.6. The molecule has 0 heterocycles. The number of hydrogen-bond acceptors (Lipinski definition) is 5. The van der Waals surface area contributed by atoms with Crippen LogP contribution in [-0.2, 0) is 16.0 Å². The average molecular weight is 292 g/mol. The Bertz CT molecular complexity index is 497. The molecule has 1 aromatic carbocycles. The molecule has 1 fully saturated rings. The first-order valence-corrected chi connectivity index (χ1v) is 7.23. The van der Waals surface area contributed by atoms with Gasteiger partial charge in [0.2, 0.25) is 0 Å². The zero-order chi connectivity index (χ0) is 15.2. The van der Waals surface area contributed by atoms with E-state index in [9.17, 15) is 14.9 Å². The summed E-state index contributed by atoms with van der Waals surface area (Å²) in [4.78, 5) is 23.9. The maximum atomic E-state index is 11.6. The Kier molecular flexibility index (Phi) is 5.27. The van der Waals surface area contributed by atoms with Crippen molar-refractivity contribution in [3.8, 4) is 0 Å².